The summed E-state index contributed by atoms with van der Waals surface area (Å²) in [6.45, 7) is 4.25. The van der Waals surface area contributed by atoms with Crippen LogP contribution in [0.25, 0.3) is 0 Å². The second kappa shape index (κ2) is 21.3. The molecule has 0 atom stereocenters. The molecular formula is C39H56O2. The molecule has 0 unspecified atom stereocenters. The Labute approximate surface area is 251 Å². The average molecular weight is 557 g/mol. The van der Waals surface area contributed by atoms with Crippen molar-refractivity contribution in [1.82, 2.24) is 0 Å². The number of hydrogen-bond acceptors (Lipinski definition) is 2. The molecule has 41 heavy (non-hydrogen) atoms. The van der Waals surface area contributed by atoms with Crippen molar-refractivity contribution in [2.75, 3.05) is 19.8 Å². The second-order valence-corrected chi connectivity index (χ2v) is 11.5. The van der Waals surface area contributed by atoms with Crippen LogP contribution in [0.1, 0.15) is 126 Å². The first-order valence-electron chi connectivity index (χ1n) is 16.8. The minimum atomic E-state index is -0.665. The summed E-state index contributed by atoms with van der Waals surface area (Å²) in [5, 5.41) is 0. The lowest BCUT2D eigenvalue weighted by Crippen LogP contribution is -2.34. The molecule has 0 aliphatic carbocycles. The van der Waals surface area contributed by atoms with Gasteiger partial charge in [0.15, 0.2) is 0 Å². The molecule has 0 heterocycles. The van der Waals surface area contributed by atoms with Crippen LogP contribution in [0.2, 0.25) is 0 Å². The third-order valence-corrected chi connectivity index (χ3v) is 8.23. The van der Waals surface area contributed by atoms with Crippen LogP contribution in [0.3, 0.4) is 0 Å². The molecule has 0 fully saturated rings. The molecule has 0 aliphatic rings. The molecule has 0 amide bonds. The number of rotatable bonds is 24. The summed E-state index contributed by atoms with van der Waals surface area (Å²) in [7, 11) is 0. The topological polar surface area (TPSA) is 18.5 Å². The minimum absolute atomic E-state index is 0.539. The quantitative estimate of drug-likeness (QED) is 0.0807. The van der Waals surface area contributed by atoms with E-state index in [9.17, 15) is 0 Å². The SMILES string of the molecule is CCCCCCCCCCCCCCCCCCOCCOC(c1ccccc1)(c1ccccc1)c1ccccc1. The molecule has 0 spiro atoms. The van der Waals surface area contributed by atoms with Crippen LogP contribution < -0.4 is 0 Å². The fourth-order valence-electron chi connectivity index (χ4n) is 5.88. The zero-order chi connectivity index (χ0) is 28.7. The molecular weight excluding hydrogens is 500 g/mol. The fourth-order valence-corrected chi connectivity index (χ4v) is 5.88. The highest BCUT2D eigenvalue weighted by molar-refractivity contribution is 5.47. The Balaban J connectivity index is 1.29. The average Bonchev–Trinajstić information content (AvgIpc) is 3.03. The normalized spacial score (nSPS) is 11.6. The van der Waals surface area contributed by atoms with Crippen molar-refractivity contribution in [3.05, 3.63) is 108 Å². The van der Waals surface area contributed by atoms with Crippen molar-refractivity contribution < 1.29 is 9.47 Å². The van der Waals surface area contributed by atoms with Crippen molar-refractivity contribution in [2.45, 2.75) is 115 Å². The molecule has 3 aromatic carbocycles. The van der Waals surface area contributed by atoms with Gasteiger partial charge in [-0.05, 0) is 23.1 Å². The number of hydrogen-bond donors (Lipinski definition) is 0. The molecule has 0 bridgehead atoms. The van der Waals surface area contributed by atoms with Gasteiger partial charge in [-0.15, -0.1) is 0 Å². The highest BCUT2D eigenvalue weighted by atomic mass is 16.5. The zero-order valence-electron chi connectivity index (χ0n) is 25.9. The van der Waals surface area contributed by atoms with E-state index in [1.54, 1.807) is 0 Å². The largest absolute Gasteiger partial charge is 0.379 e. The third kappa shape index (κ3) is 12.1. The van der Waals surface area contributed by atoms with Crippen LogP contribution in [-0.2, 0) is 15.1 Å². The molecule has 0 N–H and O–H groups in total. The van der Waals surface area contributed by atoms with E-state index in [4.69, 9.17) is 9.47 Å². The lowest BCUT2D eigenvalue weighted by molar-refractivity contribution is -0.0242. The van der Waals surface area contributed by atoms with Crippen molar-refractivity contribution in [2.24, 2.45) is 0 Å². The van der Waals surface area contributed by atoms with Gasteiger partial charge in [-0.25, -0.2) is 0 Å². The van der Waals surface area contributed by atoms with Crippen molar-refractivity contribution in [3.8, 4) is 0 Å². The Morgan fingerprint density at radius 2 is 0.732 bits per heavy atom. The second-order valence-electron chi connectivity index (χ2n) is 11.5. The lowest BCUT2D eigenvalue weighted by Gasteiger charge is -2.36. The van der Waals surface area contributed by atoms with E-state index in [-0.39, 0.29) is 0 Å². The van der Waals surface area contributed by atoms with E-state index < -0.39 is 5.60 Å². The van der Waals surface area contributed by atoms with Crippen molar-refractivity contribution in [1.29, 1.82) is 0 Å². The smallest absolute Gasteiger partial charge is 0.143 e. The molecule has 3 rings (SSSR count). The monoisotopic (exact) mass is 556 g/mol. The van der Waals surface area contributed by atoms with Crippen LogP contribution >= 0.6 is 0 Å². The van der Waals surface area contributed by atoms with E-state index in [1.165, 1.54) is 96.3 Å². The zero-order valence-corrected chi connectivity index (χ0v) is 25.9. The first kappa shape index (κ1) is 33.1. The van der Waals surface area contributed by atoms with Gasteiger partial charge in [0.25, 0.3) is 0 Å². The Morgan fingerprint density at radius 1 is 0.390 bits per heavy atom. The van der Waals surface area contributed by atoms with Crippen LogP contribution in [0, 0.1) is 0 Å². The van der Waals surface area contributed by atoms with Crippen LogP contribution in [-0.4, -0.2) is 19.8 Å². The van der Waals surface area contributed by atoms with Crippen LogP contribution in [0.4, 0.5) is 0 Å². The summed E-state index contributed by atoms with van der Waals surface area (Å²) in [6, 6.07) is 31.7. The Morgan fingerprint density at radius 3 is 1.10 bits per heavy atom. The molecule has 0 aromatic heterocycles. The minimum Gasteiger partial charge on any atom is -0.379 e. The predicted molar refractivity (Wildman–Crippen MR) is 176 cm³/mol. The maximum absolute atomic E-state index is 6.80. The lowest BCUT2D eigenvalue weighted by atomic mass is 9.80. The van der Waals surface area contributed by atoms with Gasteiger partial charge < -0.3 is 9.47 Å². The summed E-state index contributed by atoms with van der Waals surface area (Å²) in [5.74, 6) is 0. The standard InChI is InChI=1S/C39H56O2/c1-2-3-4-5-6-7-8-9-10-11-12-13-14-15-16-26-33-40-34-35-41-39(36-27-20-17-21-28-36,37-29-22-18-23-30-37)38-31-24-19-25-32-38/h17-25,27-32H,2-16,26,33-35H2,1H3. The summed E-state index contributed by atoms with van der Waals surface area (Å²) in [4.78, 5) is 0. The van der Waals surface area contributed by atoms with E-state index in [0.717, 1.165) is 29.7 Å². The van der Waals surface area contributed by atoms with Gasteiger partial charge in [0, 0.05) is 6.61 Å². The number of benzene rings is 3. The van der Waals surface area contributed by atoms with Gasteiger partial charge in [-0.3, -0.25) is 0 Å². The van der Waals surface area contributed by atoms with E-state index in [1.807, 2.05) is 0 Å². The van der Waals surface area contributed by atoms with E-state index in [0.29, 0.717) is 13.2 Å². The third-order valence-electron chi connectivity index (χ3n) is 8.23. The van der Waals surface area contributed by atoms with Crippen LogP contribution in [0.15, 0.2) is 91.0 Å². The molecule has 0 radical (unpaired) electrons. The molecule has 224 valence electrons. The molecule has 3 aromatic rings. The Hall–Kier alpha value is -2.42. The summed E-state index contributed by atoms with van der Waals surface area (Å²) in [5.41, 5.74) is 2.74. The molecule has 0 saturated heterocycles. The maximum atomic E-state index is 6.80. The van der Waals surface area contributed by atoms with E-state index >= 15 is 0 Å². The van der Waals surface area contributed by atoms with Gasteiger partial charge in [-0.1, -0.05) is 194 Å². The highest BCUT2D eigenvalue weighted by Gasteiger charge is 2.37. The molecule has 2 nitrogen and oxygen atoms in total. The molecule has 0 saturated carbocycles. The van der Waals surface area contributed by atoms with Gasteiger partial charge in [0.05, 0.1) is 13.2 Å². The Bertz CT molecular complexity index is 889. The Kier molecular flexibility index (Phi) is 17.2. The van der Waals surface area contributed by atoms with Gasteiger partial charge in [0.1, 0.15) is 5.60 Å². The predicted octanol–water partition coefficient (Wildman–Crippen LogP) is 11.3. The van der Waals surface area contributed by atoms with Gasteiger partial charge in [-0.2, -0.15) is 0 Å². The van der Waals surface area contributed by atoms with Gasteiger partial charge in [0.2, 0.25) is 0 Å². The summed E-state index contributed by atoms with van der Waals surface area (Å²) in [6.07, 6.45) is 22.2. The molecule has 2 heteroatoms. The molecule has 0 aliphatic heterocycles. The first-order valence-corrected chi connectivity index (χ1v) is 16.8. The van der Waals surface area contributed by atoms with Gasteiger partial charge >= 0.3 is 0 Å². The summed E-state index contributed by atoms with van der Waals surface area (Å²) >= 11 is 0. The fraction of sp³-hybridized carbons (Fsp3) is 0.538. The maximum Gasteiger partial charge on any atom is 0.143 e. The van der Waals surface area contributed by atoms with Crippen LogP contribution in [0.5, 0.6) is 0 Å². The highest BCUT2D eigenvalue weighted by Crippen LogP contribution is 2.40. The summed E-state index contributed by atoms with van der Waals surface area (Å²) < 4.78 is 12.8. The number of unbranched alkanes of at least 4 members (excludes halogenated alkanes) is 15. The van der Waals surface area contributed by atoms with Crippen molar-refractivity contribution in [3.63, 3.8) is 0 Å². The number of ether oxygens (including phenoxy) is 2. The van der Waals surface area contributed by atoms with Crippen molar-refractivity contribution >= 4 is 0 Å². The van der Waals surface area contributed by atoms with E-state index in [2.05, 4.69) is 97.9 Å². The first-order chi connectivity index (χ1) is 20.4.